The van der Waals surface area contributed by atoms with Crippen LogP contribution in [-0.4, -0.2) is 54.1 Å². The molecule has 0 bridgehead atoms. The third-order valence-electron chi connectivity index (χ3n) is 4.81. The molecule has 1 aliphatic rings. The zero-order valence-corrected chi connectivity index (χ0v) is 19.1. The van der Waals surface area contributed by atoms with Crippen LogP contribution in [0.2, 0.25) is 0 Å². The minimum absolute atomic E-state index is 0. The fraction of sp³-hybridized carbons (Fsp3) is 0.0476. The van der Waals surface area contributed by atoms with Gasteiger partial charge in [-0.25, -0.2) is 0 Å². The molecule has 3 aromatic rings. The largest absolute Gasteiger partial charge is 0.397 e. The molecule has 147 valence electrons. The Balaban J connectivity index is 0.00000256. The molecule has 0 fully saturated rings. The summed E-state index contributed by atoms with van der Waals surface area (Å²) in [4.78, 5) is 25.6. The van der Waals surface area contributed by atoms with Crippen molar-refractivity contribution in [2.45, 2.75) is 11.8 Å². The Morgan fingerprint density at radius 2 is 1.43 bits per heavy atom. The van der Waals surface area contributed by atoms with E-state index in [-0.39, 0.29) is 57.5 Å². The van der Waals surface area contributed by atoms with Gasteiger partial charge in [-0.15, -0.1) is 0 Å². The maximum absolute atomic E-state index is 13.2. The summed E-state index contributed by atoms with van der Waals surface area (Å²) < 4.78 is 33.4. The number of nitrogen functional groups attached to an aromatic ring is 1. The van der Waals surface area contributed by atoms with Gasteiger partial charge in [-0.3, -0.25) is 14.1 Å². The maximum Gasteiger partial charge on any atom is 0.296 e. The zero-order chi connectivity index (χ0) is 20.9. The van der Waals surface area contributed by atoms with E-state index in [1.807, 2.05) is 19.1 Å². The zero-order valence-electron chi connectivity index (χ0n) is 16.3. The molecular weight excluding hydrogens is 415 g/mol. The van der Waals surface area contributed by atoms with Gasteiger partial charge in [0.2, 0.25) is 0 Å². The quantitative estimate of drug-likeness (QED) is 0.259. The van der Waals surface area contributed by atoms with Crippen molar-refractivity contribution in [2.75, 3.05) is 11.1 Å². The predicted molar refractivity (Wildman–Crippen MR) is 114 cm³/mol. The second-order valence-corrected chi connectivity index (χ2v) is 8.15. The van der Waals surface area contributed by atoms with E-state index in [9.17, 15) is 22.6 Å². The number of carbonyl (C=O) groups excluding carboxylic acids is 2. The minimum Gasteiger partial charge on any atom is -0.397 e. The molecule has 0 saturated heterocycles. The van der Waals surface area contributed by atoms with Crippen molar-refractivity contribution in [1.29, 1.82) is 0 Å². The van der Waals surface area contributed by atoms with Crippen molar-refractivity contribution in [3.63, 3.8) is 0 Å². The van der Waals surface area contributed by atoms with Crippen LogP contribution in [0.15, 0.2) is 59.5 Å². The molecule has 1 radical (unpaired) electrons. The topological polar surface area (TPSA) is 127 Å². The van der Waals surface area contributed by atoms with E-state index < -0.39 is 32.3 Å². The number of ketones is 2. The van der Waals surface area contributed by atoms with Crippen LogP contribution in [0.25, 0.3) is 0 Å². The number of nitrogens with two attached hydrogens (primary N) is 1. The Hall–Kier alpha value is -2.49. The normalized spacial score (nSPS) is 12.6. The van der Waals surface area contributed by atoms with Gasteiger partial charge in [0.05, 0.1) is 22.5 Å². The molecule has 7 nitrogen and oxygen atoms in total. The molecular formula is C21H16N2NaO5S. The van der Waals surface area contributed by atoms with Gasteiger partial charge in [-0.05, 0) is 25.1 Å². The summed E-state index contributed by atoms with van der Waals surface area (Å²) >= 11 is 0. The Bertz CT molecular complexity index is 1300. The van der Waals surface area contributed by atoms with Gasteiger partial charge >= 0.3 is 0 Å². The number of rotatable bonds is 3. The predicted octanol–water partition coefficient (Wildman–Crippen LogP) is 2.96. The van der Waals surface area contributed by atoms with E-state index in [1.165, 1.54) is 12.1 Å². The second-order valence-electron chi connectivity index (χ2n) is 6.76. The molecule has 0 atom stereocenters. The van der Waals surface area contributed by atoms with Gasteiger partial charge in [0.1, 0.15) is 4.90 Å². The number of anilines is 3. The average Bonchev–Trinajstić information content (AvgIpc) is 2.68. The van der Waals surface area contributed by atoms with Crippen molar-refractivity contribution in [3.8, 4) is 0 Å². The number of aryl methyl sites for hydroxylation is 1. The molecule has 9 heteroatoms. The summed E-state index contributed by atoms with van der Waals surface area (Å²) in [6.45, 7) is 1.91. The van der Waals surface area contributed by atoms with Crippen LogP contribution < -0.4 is 11.1 Å². The second kappa shape index (κ2) is 7.98. The van der Waals surface area contributed by atoms with Crippen molar-refractivity contribution in [3.05, 3.63) is 82.4 Å². The van der Waals surface area contributed by atoms with Crippen molar-refractivity contribution in [1.82, 2.24) is 0 Å². The molecule has 0 aromatic heterocycles. The maximum atomic E-state index is 13.2. The molecule has 0 aliphatic heterocycles. The van der Waals surface area contributed by atoms with Crippen LogP contribution in [0.3, 0.4) is 0 Å². The third-order valence-corrected chi connectivity index (χ3v) is 5.70. The number of benzene rings is 3. The van der Waals surface area contributed by atoms with Crippen LogP contribution in [0.1, 0.15) is 37.4 Å². The third kappa shape index (κ3) is 3.68. The van der Waals surface area contributed by atoms with Crippen LogP contribution in [0.5, 0.6) is 0 Å². The Labute approximate surface area is 195 Å². The molecule has 0 heterocycles. The van der Waals surface area contributed by atoms with Crippen LogP contribution in [0, 0.1) is 6.92 Å². The molecule has 30 heavy (non-hydrogen) atoms. The van der Waals surface area contributed by atoms with Gasteiger partial charge < -0.3 is 11.1 Å². The van der Waals surface area contributed by atoms with E-state index in [2.05, 4.69) is 5.32 Å². The fourth-order valence-corrected chi connectivity index (χ4v) is 4.04. The molecule has 0 saturated carbocycles. The molecule has 3 aromatic carbocycles. The van der Waals surface area contributed by atoms with E-state index >= 15 is 0 Å². The molecule has 0 amide bonds. The standard InChI is InChI=1S/C21H16N2O5S.Na/c1-11-6-8-12(9-7-11)23-15-10-16(29(26,27)28)19(22)18-17(15)20(24)13-4-2-3-5-14(13)21(18)25;/h2-10,23H,22H2,1H3,(H,26,27,28);. The first-order valence-corrected chi connectivity index (χ1v) is 10.1. The number of carbonyl (C=O) groups is 2. The summed E-state index contributed by atoms with van der Waals surface area (Å²) in [5.41, 5.74) is 7.21. The number of fused-ring (bicyclic) bond motifs is 2. The van der Waals surface area contributed by atoms with Crippen LogP contribution >= 0.6 is 0 Å². The first-order valence-electron chi connectivity index (χ1n) is 8.64. The summed E-state index contributed by atoms with van der Waals surface area (Å²) in [5.74, 6) is -1.04. The monoisotopic (exact) mass is 431 g/mol. The van der Waals surface area contributed by atoms with E-state index in [1.54, 1.807) is 24.3 Å². The minimum atomic E-state index is -4.74. The van der Waals surface area contributed by atoms with Crippen molar-refractivity contribution in [2.24, 2.45) is 0 Å². The summed E-state index contributed by atoms with van der Waals surface area (Å²) in [6, 6.07) is 14.5. The average molecular weight is 431 g/mol. The Morgan fingerprint density at radius 1 is 0.900 bits per heavy atom. The number of hydrogen-bond donors (Lipinski definition) is 3. The Kier molecular flexibility index (Phi) is 5.90. The van der Waals surface area contributed by atoms with Crippen LogP contribution in [-0.2, 0) is 10.1 Å². The van der Waals surface area contributed by atoms with Crippen LogP contribution in [0.4, 0.5) is 17.1 Å². The fourth-order valence-electron chi connectivity index (χ4n) is 3.40. The first kappa shape index (κ1) is 22.2. The molecule has 4 rings (SSSR count). The van der Waals surface area contributed by atoms with Gasteiger partial charge in [0.25, 0.3) is 10.1 Å². The molecule has 0 spiro atoms. The number of nitrogens with one attached hydrogen (secondary N) is 1. The Morgan fingerprint density at radius 3 is 1.97 bits per heavy atom. The first-order chi connectivity index (χ1) is 13.7. The molecule has 1 aliphatic carbocycles. The van der Waals surface area contributed by atoms with Gasteiger partial charge in [-0.2, -0.15) is 8.42 Å². The summed E-state index contributed by atoms with van der Waals surface area (Å²) in [7, 11) is -4.74. The van der Waals surface area contributed by atoms with Gasteiger partial charge in [-0.1, -0.05) is 42.0 Å². The van der Waals surface area contributed by atoms with Crippen molar-refractivity contribution >= 4 is 68.3 Å². The van der Waals surface area contributed by atoms with E-state index in [0.29, 0.717) is 5.69 Å². The molecule has 4 N–H and O–H groups in total. The van der Waals surface area contributed by atoms with Gasteiger partial charge in [0.15, 0.2) is 11.6 Å². The van der Waals surface area contributed by atoms with Gasteiger partial charge in [0, 0.05) is 46.4 Å². The van der Waals surface area contributed by atoms with E-state index in [4.69, 9.17) is 5.73 Å². The van der Waals surface area contributed by atoms with E-state index in [0.717, 1.165) is 11.6 Å². The SMILES string of the molecule is Cc1ccc(Nc2cc(S(=O)(=O)O)c(N)c3c2C(=O)c2ccccc2C3=O)cc1.[Na]. The summed E-state index contributed by atoms with van der Waals surface area (Å²) in [5, 5.41) is 2.98. The molecule has 0 unspecified atom stereocenters. The van der Waals surface area contributed by atoms with Crippen molar-refractivity contribution < 1.29 is 22.6 Å². The summed E-state index contributed by atoms with van der Waals surface area (Å²) in [6.07, 6.45) is 0. The smallest absolute Gasteiger partial charge is 0.296 e. The number of hydrogen-bond acceptors (Lipinski definition) is 6.